The van der Waals surface area contributed by atoms with Crippen molar-refractivity contribution in [1.29, 1.82) is 0 Å². The van der Waals surface area contributed by atoms with Crippen molar-refractivity contribution >= 4 is 40.0 Å². The van der Waals surface area contributed by atoms with E-state index in [-0.39, 0.29) is 10.9 Å². The van der Waals surface area contributed by atoms with Crippen molar-refractivity contribution < 1.29 is 9.21 Å². The number of hydrogen-bond acceptors (Lipinski definition) is 5. The van der Waals surface area contributed by atoms with Crippen molar-refractivity contribution in [1.82, 2.24) is 20.3 Å². The number of fused-ring (bicyclic) bond motifs is 1. The van der Waals surface area contributed by atoms with Gasteiger partial charge in [0.1, 0.15) is 11.0 Å². The minimum atomic E-state index is -0.408. The molecule has 2 heterocycles. The fraction of sp³-hybridized carbons (Fsp3) is 0.217. The van der Waals surface area contributed by atoms with E-state index in [9.17, 15) is 4.79 Å². The number of nitrogens with one attached hydrogen (secondary N) is 2. The maximum absolute atomic E-state index is 12.1. The number of hydrogen-bond donors (Lipinski definition) is 2. The number of aryl methyl sites for hydroxylation is 2. The molecule has 0 aliphatic rings. The van der Waals surface area contributed by atoms with Crippen LogP contribution in [0.15, 0.2) is 59.2 Å². The van der Waals surface area contributed by atoms with Gasteiger partial charge in [-0.15, -0.1) is 10.2 Å². The van der Waals surface area contributed by atoms with E-state index in [4.69, 9.17) is 16.6 Å². The first-order valence-electron chi connectivity index (χ1n) is 10.2. The number of amides is 1. The highest BCUT2D eigenvalue weighted by Crippen LogP contribution is 2.22. The topological polar surface area (TPSA) is 85.0 Å². The van der Waals surface area contributed by atoms with E-state index in [0.29, 0.717) is 0 Å². The lowest BCUT2D eigenvalue weighted by molar-refractivity contribution is 0.0950. The summed E-state index contributed by atoms with van der Waals surface area (Å²) in [6, 6.07) is 15.3. The van der Waals surface area contributed by atoms with Crippen LogP contribution in [0, 0.1) is 6.92 Å². The molecule has 0 saturated heterocycles. The average Bonchev–Trinajstić information content (AvgIpc) is 3.43. The molecule has 2 aromatic carbocycles. The molecule has 31 heavy (non-hydrogen) atoms. The molecule has 0 aliphatic carbocycles. The van der Waals surface area contributed by atoms with Crippen LogP contribution in [0.2, 0.25) is 0 Å². The van der Waals surface area contributed by atoms with Crippen molar-refractivity contribution in [2.24, 2.45) is 0 Å². The predicted octanol–water partition coefficient (Wildman–Crippen LogP) is 4.79. The first-order chi connectivity index (χ1) is 15.0. The third kappa shape index (κ3) is 4.80. The Hall–Kier alpha value is -3.52. The van der Waals surface area contributed by atoms with Crippen LogP contribution in [-0.2, 0) is 6.42 Å². The first-order valence-corrected chi connectivity index (χ1v) is 10.6. The SMILES string of the molecule is CCCCc1ccc(-n2nc3cc(C)c(NC(=S)NC(=O)c4ccco4)cc3n2)cc1. The van der Waals surface area contributed by atoms with Gasteiger partial charge in [-0.1, -0.05) is 25.5 Å². The minimum absolute atomic E-state index is 0.180. The normalized spacial score (nSPS) is 10.9. The number of benzene rings is 2. The number of unbranched alkanes of at least 4 members (excludes halogenated alkanes) is 1. The number of furan rings is 1. The van der Waals surface area contributed by atoms with Crippen LogP contribution < -0.4 is 10.6 Å². The average molecular weight is 434 g/mol. The highest BCUT2D eigenvalue weighted by molar-refractivity contribution is 7.80. The molecule has 4 aromatic rings. The zero-order valence-electron chi connectivity index (χ0n) is 17.4. The molecule has 0 spiro atoms. The van der Waals surface area contributed by atoms with Gasteiger partial charge in [-0.25, -0.2) is 0 Å². The molecule has 8 heteroatoms. The van der Waals surface area contributed by atoms with Crippen molar-refractivity contribution in [3.05, 3.63) is 71.7 Å². The Morgan fingerprint density at radius 3 is 2.55 bits per heavy atom. The second kappa shape index (κ2) is 9.09. The third-order valence-corrected chi connectivity index (χ3v) is 5.14. The van der Waals surface area contributed by atoms with Crippen molar-refractivity contribution in [3.63, 3.8) is 0 Å². The standard InChI is InChI=1S/C23H23N5O2S/c1-3-4-6-16-8-10-17(11-9-16)28-26-19-13-15(2)18(14-20(19)27-28)24-23(31)25-22(29)21-7-5-12-30-21/h5,7-14H,3-4,6H2,1-2H3,(H2,24,25,29,31). The number of aromatic nitrogens is 3. The second-order valence-electron chi connectivity index (χ2n) is 7.30. The van der Waals surface area contributed by atoms with Gasteiger partial charge in [-0.3, -0.25) is 10.1 Å². The van der Waals surface area contributed by atoms with E-state index in [1.54, 1.807) is 16.9 Å². The molecule has 0 atom stereocenters. The summed E-state index contributed by atoms with van der Waals surface area (Å²) in [5, 5.41) is 15.0. The quantitative estimate of drug-likeness (QED) is 0.425. The van der Waals surface area contributed by atoms with Gasteiger partial charge in [0.25, 0.3) is 5.91 Å². The summed E-state index contributed by atoms with van der Waals surface area (Å²) in [4.78, 5) is 13.7. The molecule has 0 unspecified atom stereocenters. The number of rotatable bonds is 6. The Morgan fingerprint density at radius 2 is 1.87 bits per heavy atom. The smallest absolute Gasteiger partial charge is 0.293 e. The second-order valence-corrected chi connectivity index (χ2v) is 7.71. The summed E-state index contributed by atoms with van der Waals surface area (Å²) >= 11 is 5.27. The fourth-order valence-electron chi connectivity index (χ4n) is 3.22. The predicted molar refractivity (Wildman–Crippen MR) is 125 cm³/mol. The molecule has 0 radical (unpaired) electrons. The van der Waals surface area contributed by atoms with Gasteiger partial charge in [0.2, 0.25) is 0 Å². The van der Waals surface area contributed by atoms with Crippen molar-refractivity contribution in [2.45, 2.75) is 33.1 Å². The van der Waals surface area contributed by atoms with Crippen LogP contribution in [0.25, 0.3) is 16.7 Å². The van der Waals surface area contributed by atoms with Gasteiger partial charge in [0.15, 0.2) is 10.9 Å². The molecular formula is C23H23N5O2S. The Morgan fingerprint density at radius 1 is 1.13 bits per heavy atom. The molecular weight excluding hydrogens is 410 g/mol. The summed E-state index contributed by atoms with van der Waals surface area (Å²) in [6.45, 7) is 4.14. The highest BCUT2D eigenvalue weighted by Gasteiger charge is 2.13. The lowest BCUT2D eigenvalue weighted by Crippen LogP contribution is -2.34. The number of carbonyl (C=O) groups is 1. The van der Waals surface area contributed by atoms with Gasteiger partial charge in [0, 0.05) is 5.69 Å². The molecule has 0 bridgehead atoms. The van der Waals surface area contributed by atoms with Crippen molar-refractivity contribution in [2.75, 3.05) is 5.32 Å². The molecule has 0 fully saturated rings. The first kappa shape index (κ1) is 20.7. The Kier molecular flexibility index (Phi) is 6.08. The van der Waals surface area contributed by atoms with Crippen LogP contribution >= 0.6 is 12.2 Å². The summed E-state index contributed by atoms with van der Waals surface area (Å²) in [5.74, 6) is -0.213. The summed E-state index contributed by atoms with van der Waals surface area (Å²) in [6.07, 6.45) is 4.88. The Bertz CT molecular complexity index is 1210. The summed E-state index contributed by atoms with van der Waals surface area (Å²) in [5.41, 5.74) is 5.41. The highest BCUT2D eigenvalue weighted by atomic mass is 32.1. The molecule has 2 N–H and O–H groups in total. The van der Waals surface area contributed by atoms with Gasteiger partial charge in [0.05, 0.1) is 12.0 Å². The van der Waals surface area contributed by atoms with E-state index >= 15 is 0 Å². The van der Waals surface area contributed by atoms with Crippen LogP contribution in [0.1, 0.15) is 41.4 Å². The van der Waals surface area contributed by atoms with Gasteiger partial charge < -0.3 is 9.73 Å². The van der Waals surface area contributed by atoms with E-state index in [0.717, 1.165) is 34.4 Å². The van der Waals surface area contributed by atoms with Crippen molar-refractivity contribution in [3.8, 4) is 5.69 Å². The molecule has 0 saturated carbocycles. The number of anilines is 1. The van der Waals surface area contributed by atoms with Gasteiger partial charge in [-0.2, -0.15) is 4.80 Å². The molecule has 7 nitrogen and oxygen atoms in total. The third-order valence-electron chi connectivity index (χ3n) is 4.93. The molecule has 0 aliphatic heterocycles. The Balaban J connectivity index is 1.50. The van der Waals surface area contributed by atoms with E-state index in [2.05, 4.69) is 39.9 Å². The van der Waals surface area contributed by atoms with Crippen LogP contribution in [0.3, 0.4) is 0 Å². The zero-order valence-corrected chi connectivity index (χ0v) is 18.2. The monoisotopic (exact) mass is 433 g/mol. The Labute approximate surface area is 185 Å². The maximum Gasteiger partial charge on any atom is 0.293 e. The van der Waals surface area contributed by atoms with Gasteiger partial charge in [-0.05, 0) is 79.5 Å². The molecule has 1 amide bonds. The van der Waals surface area contributed by atoms with E-state index in [1.807, 2.05) is 31.2 Å². The van der Waals surface area contributed by atoms with Gasteiger partial charge >= 0.3 is 0 Å². The molecule has 158 valence electrons. The van der Waals surface area contributed by atoms with E-state index < -0.39 is 5.91 Å². The summed E-state index contributed by atoms with van der Waals surface area (Å²) < 4.78 is 5.08. The largest absolute Gasteiger partial charge is 0.459 e. The lowest BCUT2D eigenvalue weighted by Gasteiger charge is -2.10. The molecule has 2 aromatic heterocycles. The number of nitrogens with zero attached hydrogens (tertiary/aromatic N) is 3. The minimum Gasteiger partial charge on any atom is -0.459 e. The van der Waals surface area contributed by atoms with Crippen LogP contribution in [0.5, 0.6) is 0 Å². The zero-order chi connectivity index (χ0) is 21.8. The van der Waals surface area contributed by atoms with Crippen LogP contribution in [-0.4, -0.2) is 26.0 Å². The summed E-state index contributed by atoms with van der Waals surface area (Å²) in [7, 11) is 0. The van der Waals surface area contributed by atoms with E-state index in [1.165, 1.54) is 24.7 Å². The number of thiocarbonyl (C=S) groups is 1. The maximum atomic E-state index is 12.1. The number of carbonyl (C=O) groups excluding carboxylic acids is 1. The fourth-order valence-corrected chi connectivity index (χ4v) is 3.42. The molecule has 4 rings (SSSR count). The van der Waals surface area contributed by atoms with Crippen LogP contribution in [0.4, 0.5) is 5.69 Å². The lowest BCUT2D eigenvalue weighted by atomic mass is 10.1.